The lowest BCUT2D eigenvalue weighted by Gasteiger charge is -2.28. The molecule has 1 atom stereocenters. The van der Waals surface area contributed by atoms with Gasteiger partial charge in [0, 0.05) is 18.0 Å². The normalized spacial score (nSPS) is 20.7. The first-order valence-electron chi connectivity index (χ1n) is 6.74. The number of nitrogens with two attached hydrogens (primary N) is 1. The van der Waals surface area contributed by atoms with Crippen LogP contribution in [0.25, 0.3) is 0 Å². The lowest BCUT2D eigenvalue weighted by atomic mass is 9.86. The number of aromatic nitrogens is 3. The Morgan fingerprint density at radius 1 is 1.35 bits per heavy atom. The fourth-order valence-electron chi connectivity index (χ4n) is 2.77. The summed E-state index contributed by atoms with van der Waals surface area (Å²) in [5.74, 6) is 2.13. The SMILES string of the molecule is CCC(C)(CN)c1nnc(C)n1C1CCCC1. The third kappa shape index (κ3) is 2.10. The molecule has 0 spiro atoms. The Balaban J connectivity index is 2.40. The van der Waals surface area contributed by atoms with E-state index in [1.165, 1.54) is 25.7 Å². The molecule has 1 saturated carbocycles. The van der Waals surface area contributed by atoms with Gasteiger partial charge in [0.2, 0.25) is 0 Å². The maximum absolute atomic E-state index is 5.95. The molecule has 1 aliphatic rings. The molecule has 1 aliphatic carbocycles. The van der Waals surface area contributed by atoms with E-state index in [1.807, 2.05) is 0 Å². The van der Waals surface area contributed by atoms with Crippen molar-refractivity contribution >= 4 is 0 Å². The average molecular weight is 236 g/mol. The predicted octanol–water partition coefficient (Wildman–Crippen LogP) is 2.33. The van der Waals surface area contributed by atoms with Crippen LogP contribution in [0.4, 0.5) is 0 Å². The molecule has 96 valence electrons. The summed E-state index contributed by atoms with van der Waals surface area (Å²) in [4.78, 5) is 0. The fraction of sp³-hybridized carbons (Fsp3) is 0.846. The highest BCUT2D eigenvalue weighted by molar-refractivity contribution is 5.11. The first-order valence-corrected chi connectivity index (χ1v) is 6.74. The molecule has 1 aromatic heterocycles. The van der Waals surface area contributed by atoms with Crippen LogP contribution in [0.1, 0.15) is 63.6 Å². The van der Waals surface area contributed by atoms with Crippen LogP contribution in [0.5, 0.6) is 0 Å². The number of hydrogen-bond acceptors (Lipinski definition) is 3. The third-order valence-electron chi connectivity index (χ3n) is 4.33. The van der Waals surface area contributed by atoms with Crippen molar-refractivity contribution in [3.05, 3.63) is 11.6 Å². The molecule has 1 fully saturated rings. The standard InChI is InChI=1S/C13H24N4/c1-4-13(3,9-14)12-16-15-10(2)17(12)11-7-5-6-8-11/h11H,4-9,14H2,1-3H3. The minimum Gasteiger partial charge on any atom is -0.329 e. The predicted molar refractivity (Wildman–Crippen MR) is 69.0 cm³/mol. The molecule has 1 aromatic rings. The Morgan fingerprint density at radius 3 is 2.53 bits per heavy atom. The van der Waals surface area contributed by atoms with Gasteiger partial charge in [0.05, 0.1) is 0 Å². The Bertz CT molecular complexity index is 373. The summed E-state index contributed by atoms with van der Waals surface area (Å²) in [6, 6.07) is 0.595. The van der Waals surface area contributed by atoms with Gasteiger partial charge in [0.25, 0.3) is 0 Å². The Kier molecular flexibility index (Phi) is 3.52. The maximum atomic E-state index is 5.95. The summed E-state index contributed by atoms with van der Waals surface area (Å²) in [6.45, 7) is 7.06. The van der Waals surface area contributed by atoms with Gasteiger partial charge in [-0.05, 0) is 26.2 Å². The summed E-state index contributed by atoms with van der Waals surface area (Å²) < 4.78 is 2.35. The van der Waals surface area contributed by atoms with Crippen LogP contribution in [-0.2, 0) is 5.41 Å². The molecule has 0 bridgehead atoms. The highest BCUT2D eigenvalue weighted by Crippen LogP contribution is 2.35. The van der Waals surface area contributed by atoms with Gasteiger partial charge in [-0.3, -0.25) is 0 Å². The highest BCUT2D eigenvalue weighted by Gasteiger charge is 2.32. The van der Waals surface area contributed by atoms with E-state index in [0.29, 0.717) is 12.6 Å². The summed E-state index contributed by atoms with van der Waals surface area (Å²) in [7, 11) is 0. The quantitative estimate of drug-likeness (QED) is 0.873. The van der Waals surface area contributed by atoms with Crippen LogP contribution in [-0.4, -0.2) is 21.3 Å². The lowest BCUT2D eigenvalue weighted by Crippen LogP contribution is -2.35. The second-order valence-corrected chi connectivity index (χ2v) is 5.50. The number of hydrogen-bond donors (Lipinski definition) is 1. The minimum atomic E-state index is -0.0378. The zero-order valence-electron chi connectivity index (χ0n) is 11.2. The summed E-state index contributed by atoms with van der Waals surface area (Å²) >= 11 is 0. The van der Waals surface area contributed by atoms with E-state index in [0.717, 1.165) is 18.1 Å². The third-order valence-corrected chi connectivity index (χ3v) is 4.33. The molecular weight excluding hydrogens is 212 g/mol. The van der Waals surface area contributed by atoms with Gasteiger partial charge in [-0.2, -0.15) is 0 Å². The zero-order chi connectivity index (χ0) is 12.5. The monoisotopic (exact) mass is 236 g/mol. The lowest BCUT2D eigenvalue weighted by molar-refractivity contribution is 0.382. The topological polar surface area (TPSA) is 56.7 Å². The number of rotatable bonds is 4. The van der Waals surface area contributed by atoms with E-state index in [4.69, 9.17) is 5.73 Å². The molecule has 1 unspecified atom stereocenters. The average Bonchev–Trinajstić information content (AvgIpc) is 2.96. The molecule has 0 aromatic carbocycles. The maximum Gasteiger partial charge on any atom is 0.140 e. The van der Waals surface area contributed by atoms with Crippen molar-refractivity contribution < 1.29 is 0 Å². The van der Waals surface area contributed by atoms with Crippen LogP contribution < -0.4 is 5.73 Å². The van der Waals surface area contributed by atoms with Gasteiger partial charge in [-0.25, -0.2) is 0 Å². The second kappa shape index (κ2) is 4.77. The van der Waals surface area contributed by atoms with Crippen LogP contribution in [0.2, 0.25) is 0 Å². The van der Waals surface area contributed by atoms with E-state index >= 15 is 0 Å². The molecule has 2 rings (SSSR count). The van der Waals surface area contributed by atoms with Gasteiger partial charge >= 0.3 is 0 Å². The molecule has 0 saturated heterocycles. The second-order valence-electron chi connectivity index (χ2n) is 5.50. The summed E-state index contributed by atoms with van der Waals surface area (Å²) in [5, 5.41) is 8.69. The van der Waals surface area contributed by atoms with Gasteiger partial charge < -0.3 is 10.3 Å². The molecule has 4 nitrogen and oxygen atoms in total. The molecule has 2 N–H and O–H groups in total. The van der Waals surface area contributed by atoms with Crippen molar-refractivity contribution in [3.63, 3.8) is 0 Å². The highest BCUT2D eigenvalue weighted by atomic mass is 15.3. The number of nitrogens with zero attached hydrogens (tertiary/aromatic N) is 3. The van der Waals surface area contributed by atoms with Gasteiger partial charge in [-0.1, -0.05) is 26.7 Å². The Morgan fingerprint density at radius 2 is 2.00 bits per heavy atom. The van der Waals surface area contributed by atoms with Gasteiger partial charge in [-0.15, -0.1) is 10.2 Å². The van der Waals surface area contributed by atoms with E-state index in [-0.39, 0.29) is 5.41 Å². The first kappa shape index (κ1) is 12.6. The van der Waals surface area contributed by atoms with Gasteiger partial charge in [0.1, 0.15) is 11.6 Å². The van der Waals surface area contributed by atoms with Crippen molar-refractivity contribution in [1.29, 1.82) is 0 Å². The summed E-state index contributed by atoms with van der Waals surface area (Å²) in [5.41, 5.74) is 5.91. The van der Waals surface area contributed by atoms with Crippen molar-refractivity contribution in [2.24, 2.45) is 5.73 Å². The van der Waals surface area contributed by atoms with Gasteiger partial charge in [0.15, 0.2) is 0 Å². The van der Waals surface area contributed by atoms with Crippen molar-refractivity contribution in [3.8, 4) is 0 Å². The molecule has 0 amide bonds. The summed E-state index contributed by atoms with van der Waals surface area (Å²) in [6.07, 6.45) is 6.18. The van der Waals surface area contributed by atoms with E-state index in [2.05, 4.69) is 35.5 Å². The molecule has 0 radical (unpaired) electrons. The first-order chi connectivity index (χ1) is 8.12. The molecule has 4 heteroatoms. The van der Waals surface area contributed by atoms with E-state index < -0.39 is 0 Å². The van der Waals surface area contributed by atoms with Crippen LogP contribution in [0, 0.1) is 6.92 Å². The molecular formula is C13H24N4. The van der Waals surface area contributed by atoms with E-state index in [1.54, 1.807) is 0 Å². The van der Waals surface area contributed by atoms with Crippen LogP contribution in [0.3, 0.4) is 0 Å². The Labute approximate surface area is 104 Å². The van der Waals surface area contributed by atoms with Crippen molar-refractivity contribution in [1.82, 2.24) is 14.8 Å². The largest absolute Gasteiger partial charge is 0.329 e. The molecule has 17 heavy (non-hydrogen) atoms. The van der Waals surface area contributed by atoms with E-state index in [9.17, 15) is 0 Å². The van der Waals surface area contributed by atoms with Crippen LogP contribution >= 0.6 is 0 Å². The van der Waals surface area contributed by atoms with Crippen molar-refractivity contribution in [2.45, 2.75) is 64.3 Å². The fourth-order valence-corrected chi connectivity index (χ4v) is 2.77. The van der Waals surface area contributed by atoms with Crippen LogP contribution in [0.15, 0.2) is 0 Å². The molecule has 0 aliphatic heterocycles. The smallest absolute Gasteiger partial charge is 0.140 e. The molecule has 1 heterocycles. The van der Waals surface area contributed by atoms with Crippen molar-refractivity contribution in [2.75, 3.05) is 6.54 Å². The zero-order valence-corrected chi connectivity index (χ0v) is 11.2. The minimum absolute atomic E-state index is 0.0378. The number of aryl methyl sites for hydroxylation is 1. The Hall–Kier alpha value is -0.900.